The minimum atomic E-state index is -0.894. The van der Waals surface area contributed by atoms with Gasteiger partial charge in [0, 0.05) is 12.6 Å². The summed E-state index contributed by atoms with van der Waals surface area (Å²) in [5.74, 6) is -1.26. The molecule has 6 nitrogen and oxygen atoms in total. The minimum absolute atomic E-state index is 0.163. The number of imidazole rings is 1. The maximum absolute atomic E-state index is 12.3. The molecule has 1 heterocycles. The third-order valence-corrected chi connectivity index (χ3v) is 6.20. The molecular formula is C28H26ClN3O3. The smallest absolute Gasteiger partial charge is 0.328 e. The lowest BCUT2D eigenvalue weighted by atomic mass is 9.77. The summed E-state index contributed by atoms with van der Waals surface area (Å²) in [4.78, 5) is 28.8. The van der Waals surface area contributed by atoms with E-state index in [1.807, 2.05) is 60.8 Å². The first-order chi connectivity index (χ1) is 17.1. The van der Waals surface area contributed by atoms with Gasteiger partial charge in [0.25, 0.3) is 0 Å². The van der Waals surface area contributed by atoms with Crippen molar-refractivity contribution >= 4 is 23.5 Å². The van der Waals surface area contributed by atoms with Crippen molar-refractivity contribution in [2.75, 3.05) is 13.0 Å². The van der Waals surface area contributed by atoms with Gasteiger partial charge in [-0.2, -0.15) is 0 Å². The van der Waals surface area contributed by atoms with Gasteiger partial charge in [-0.1, -0.05) is 91.0 Å². The first-order valence-corrected chi connectivity index (χ1v) is 11.8. The van der Waals surface area contributed by atoms with Gasteiger partial charge in [-0.15, -0.1) is 11.6 Å². The topological polar surface area (TPSA) is 73.2 Å². The van der Waals surface area contributed by atoms with Crippen molar-refractivity contribution in [2.45, 2.75) is 18.0 Å². The Balaban J connectivity index is 1.86. The van der Waals surface area contributed by atoms with E-state index in [-0.39, 0.29) is 12.3 Å². The van der Waals surface area contributed by atoms with Gasteiger partial charge in [-0.3, -0.25) is 4.79 Å². The van der Waals surface area contributed by atoms with E-state index >= 15 is 0 Å². The summed E-state index contributed by atoms with van der Waals surface area (Å²) in [5.41, 5.74) is 3.08. The van der Waals surface area contributed by atoms with Crippen LogP contribution in [0.5, 0.6) is 0 Å². The Morgan fingerprint density at radius 1 is 0.914 bits per heavy atom. The van der Waals surface area contributed by atoms with E-state index in [0.29, 0.717) is 5.69 Å². The first-order valence-electron chi connectivity index (χ1n) is 11.2. The lowest BCUT2D eigenvalue weighted by Gasteiger charge is -2.37. The number of methoxy groups -OCH3 is 1. The van der Waals surface area contributed by atoms with Crippen molar-refractivity contribution in [1.82, 2.24) is 14.9 Å². The molecule has 1 N–H and O–H groups in total. The Bertz CT molecular complexity index is 1160. The highest BCUT2D eigenvalue weighted by Gasteiger charge is 2.38. The van der Waals surface area contributed by atoms with Gasteiger partial charge in [-0.05, 0) is 16.7 Å². The number of hydrogen-bond acceptors (Lipinski definition) is 4. The Hall–Kier alpha value is -3.90. The van der Waals surface area contributed by atoms with Gasteiger partial charge in [0.05, 0.1) is 19.1 Å². The highest BCUT2D eigenvalue weighted by atomic mass is 35.5. The molecule has 7 heteroatoms. The zero-order chi connectivity index (χ0) is 24.7. The highest BCUT2D eigenvalue weighted by Crippen LogP contribution is 2.40. The van der Waals surface area contributed by atoms with Crippen LogP contribution in [0.3, 0.4) is 0 Å². The number of carbonyl (C=O) groups excluding carboxylic acids is 2. The fourth-order valence-electron chi connectivity index (χ4n) is 4.42. The summed E-state index contributed by atoms with van der Waals surface area (Å²) in [7, 11) is 1.28. The minimum Gasteiger partial charge on any atom is -0.467 e. The van der Waals surface area contributed by atoms with Crippen LogP contribution in [-0.4, -0.2) is 40.5 Å². The van der Waals surface area contributed by atoms with E-state index in [4.69, 9.17) is 16.3 Å². The number of nitrogens with one attached hydrogen (secondary N) is 1. The highest BCUT2D eigenvalue weighted by molar-refractivity contribution is 6.27. The van der Waals surface area contributed by atoms with Crippen molar-refractivity contribution in [1.29, 1.82) is 0 Å². The van der Waals surface area contributed by atoms with Crippen LogP contribution in [0, 0.1) is 0 Å². The second-order valence-electron chi connectivity index (χ2n) is 8.06. The fourth-order valence-corrected chi connectivity index (χ4v) is 4.49. The normalized spacial score (nSPS) is 12.1. The second kappa shape index (κ2) is 11.0. The van der Waals surface area contributed by atoms with Gasteiger partial charge < -0.3 is 14.6 Å². The van der Waals surface area contributed by atoms with Crippen molar-refractivity contribution in [2.24, 2.45) is 0 Å². The molecule has 0 aliphatic heterocycles. The molecule has 0 aliphatic rings. The molecule has 0 unspecified atom stereocenters. The van der Waals surface area contributed by atoms with Crippen molar-refractivity contribution in [3.05, 3.63) is 126 Å². The van der Waals surface area contributed by atoms with Crippen LogP contribution in [0.2, 0.25) is 0 Å². The van der Waals surface area contributed by atoms with Crippen LogP contribution in [0.25, 0.3) is 0 Å². The number of alkyl halides is 1. The summed E-state index contributed by atoms with van der Waals surface area (Å²) in [6, 6.07) is 29.7. The van der Waals surface area contributed by atoms with Gasteiger partial charge >= 0.3 is 5.97 Å². The second-order valence-corrected chi connectivity index (χ2v) is 8.33. The van der Waals surface area contributed by atoms with Gasteiger partial charge in [-0.25, -0.2) is 9.78 Å². The van der Waals surface area contributed by atoms with Gasteiger partial charge in [0.15, 0.2) is 0 Å². The summed E-state index contributed by atoms with van der Waals surface area (Å²) in [6.07, 6.45) is 3.84. The molecule has 0 aliphatic carbocycles. The average molecular weight is 488 g/mol. The largest absolute Gasteiger partial charge is 0.467 e. The molecule has 0 saturated carbocycles. The predicted octanol–water partition coefficient (Wildman–Crippen LogP) is 4.16. The maximum atomic E-state index is 12.3. The number of ether oxygens (including phenoxy) is 1. The number of hydrogen-bond donors (Lipinski definition) is 1. The zero-order valence-electron chi connectivity index (χ0n) is 19.3. The number of amides is 1. The van der Waals surface area contributed by atoms with E-state index in [1.54, 1.807) is 6.33 Å². The average Bonchev–Trinajstić information content (AvgIpc) is 3.38. The SMILES string of the molecule is COC(=O)[C@H](Cc1cn(C(c2ccccc2)(c2ccccc2)c2ccccc2)cn1)NC(=O)CCl. The summed E-state index contributed by atoms with van der Waals surface area (Å²) in [5, 5.41) is 2.61. The summed E-state index contributed by atoms with van der Waals surface area (Å²) >= 11 is 5.63. The lowest BCUT2D eigenvalue weighted by molar-refractivity contribution is -0.144. The molecule has 4 rings (SSSR count). The van der Waals surface area contributed by atoms with Crippen LogP contribution in [0.1, 0.15) is 22.4 Å². The van der Waals surface area contributed by atoms with Crippen molar-refractivity contribution < 1.29 is 14.3 Å². The van der Waals surface area contributed by atoms with Gasteiger partial charge in [0.1, 0.15) is 17.5 Å². The van der Waals surface area contributed by atoms with Crippen LogP contribution in [-0.2, 0) is 26.3 Å². The fraction of sp³-hybridized carbons (Fsp3) is 0.179. The number of rotatable bonds is 9. The van der Waals surface area contributed by atoms with Crippen molar-refractivity contribution in [3.8, 4) is 0 Å². The Morgan fingerprint density at radius 2 is 1.40 bits per heavy atom. The molecule has 1 aromatic heterocycles. The number of benzene rings is 3. The standard InChI is InChI=1S/C28H26ClN3O3/c1-35-27(34)25(31-26(33)18-29)17-24-19-32(20-30-24)28(21-11-5-2-6-12-21,22-13-7-3-8-14-22)23-15-9-4-10-16-23/h2-16,19-20,25H,17-18H2,1H3,(H,31,33)/t25-/m0/s1. The van der Waals surface area contributed by atoms with Crippen molar-refractivity contribution in [3.63, 3.8) is 0 Å². The first kappa shape index (κ1) is 24.2. The molecule has 0 radical (unpaired) electrons. The van der Waals surface area contributed by atoms with E-state index in [0.717, 1.165) is 16.7 Å². The van der Waals surface area contributed by atoms with Gasteiger partial charge in [0.2, 0.25) is 5.91 Å². The zero-order valence-corrected chi connectivity index (χ0v) is 20.1. The molecule has 0 spiro atoms. The molecule has 0 saturated heterocycles. The Labute approximate surface area is 209 Å². The summed E-state index contributed by atoms with van der Waals surface area (Å²) in [6.45, 7) is 0. The molecule has 4 aromatic rings. The van der Waals surface area contributed by atoms with Crippen LogP contribution < -0.4 is 5.32 Å². The number of esters is 1. The molecule has 0 fully saturated rings. The van der Waals surface area contributed by atoms with Crippen LogP contribution in [0.4, 0.5) is 0 Å². The molecule has 0 bridgehead atoms. The van der Waals surface area contributed by atoms with Crippen LogP contribution in [0.15, 0.2) is 104 Å². The monoisotopic (exact) mass is 487 g/mol. The number of carbonyl (C=O) groups is 2. The quantitative estimate of drug-likeness (QED) is 0.218. The summed E-state index contributed by atoms with van der Waals surface area (Å²) < 4.78 is 6.94. The van der Waals surface area contributed by atoms with E-state index in [2.05, 4.69) is 51.3 Å². The van der Waals surface area contributed by atoms with E-state index in [9.17, 15) is 9.59 Å². The van der Waals surface area contributed by atoms with Crippen LogP contribution >= 0.6 is 11.6 Å². The molecule has 178 valence electrons. The predicted molar refractivity (Wildman–Crippen MR) is 135 cm³/mol. The molecule has 35 heavy (non-hydrogen) atoms. The van der Waals surface area contributed by atoms with E-state index < -0.39 is 23.5 Å². The number of aromatic nitrogens is 2. The molecule has 1 amide bonds. The molecule has 1 atom stereocenters. The Morgan fingerprint density at radius 3 is 1.83 bits per heavy atom. The number of nitrogens with zero attached hydrogens (tertiary/aromatic N) is 2. The third-order valence-electron chi connectivity index (χ3n) is 5.95. The molecule has 3 aromatic carbocycles. The maximum Gasteiger partial charge on any atom is 0.328 e. The number of halogens is 1. The lowest BCUT2D eigenvalue weighted by Crippen LogP contribution is -2.43. The Kier molecular flexibility index (Phi) is 7.63. The third kappa shape index (κ3) is 4.98. The van der Waals surface area contributed by atoms with E-state index in [1.165, 1.54) is 7.11 Å². The molecular weight excluding hydrogens is 462 g/mol.